The second kappa shape index (κ2) is 7.60. The predicted molar refractivity (Wildman–Crippen MR) is 61.2 cm³/mol. The van der Waals surface area contributed by atoms with E-state index in [1.165, 1.54) is 0 Å². The lowest BCUT2D eigenvalue weighted by atomic mass is 10.2. The number of rotatable bonds is 8. The number of hydrogen-bond donors (Lipinski definition) is 2. The highest BCUT2D eigenvalue weighted by Crippen LogP contribution is 2.35. The van der Waals surface area contributed by atoms with Crippen molar-refractivity contribution in [3.05, 3.63) is 12.2 Å². The number of hydrogen-bond acceptors (Lipinski definition) is 3. The van der Waals surface area contributed by atoms with E-state index in [4.69, 9.17) is 14.5 Å². The Balaban J connectivity index is 3.32. The van der Waals surface area contributed by atoms with Gasteiger partial charge in [0.15, 0.2) is 0 Å². The van der Waals surface area contributed by atoms with Crippen molar-refractivity contribution < 1.29 is 23.9 Å². The van der Waals surface area contributed by atoms with Crippen LogP contribution in [-0.2, 0) is 14.1 Å². The largest absolute Gasteiger partial charge is 0.462 e. The fourth-order valence-electron chi connectivity index (χ4n) is 1.06. The maximum absolute atomic E-state index is 10.9. The van der Waals surface area contributed by atoms with Crippen LogP contribution in [-0.4, -0.2) is 28.5 Å². The van der Waals surface area contributed by atoms with E-state index in [0.29, 0.717) is 25.0 Å². The molecule has 0 aliphatic carbocycles. The first-order chi connectivity index (χ1) is 7.33. The van der Waals surface area contributed by atoms with Crippen LogP contribution in [0.1, 0.15) is 32.6 Å². The summed E-state index contributed by atoms with van der Waals surface area (Å²) in [7, 11) is -3.85. The van der Waals surface area contributed by atoms with Crippen molar-refractivity contribution in [1.82, 2.24) is 0 Å². The summed E-state index contributed by atoms with van der Waals surface area (Å²) in [5, 5.41) is 0. The van der Waals surface area contributed by atoms with Gasteiger partial charge in [-0.1, -0.05) is 19.4 Å². The van der Waals surface area contributed by atoms with Crippen molar-refractivity contribution in [3.8, 4) is 0 Å². The molecule has 0 amide bonds. The van der Waals surface area contributed by atoms with E-state index in [-0.39, 0.29) is 6.16 Å². The molecule has 0 bridgehead atoms. The van der Waals surface area contributed by atoms with Crippen molar-refractivity contribution in [2.45, 2.75) is 32.6 Å². The van der Waals surface area contributed by atoms with Gasteiger partial charge in [0, 0.05) is 11.7 Å². The molecule has 0 heterocycles. The highest BCUT2D eigenvalue weighted by Gasteiger charge is 2.11. The van der Waals surface area contributed by atoms with Gasteiger partial charge in [0.25, 0.3) is 0 Å². The fourth-order valence-corrected chi connectivity index (χ4v) is 1.70. The molecule has 0 atom stereocenters. The third-order valence-electron chi connectivity index (χ3n) is 1.93. The van der Waals surface area contributed by atoms with Crippen LogP contribution in [0.3, 0.4) is 0 Å². The van der Waals surface area contributed by atoms with E-state index in [1.54, 1.807) is 6.92 Å². The fraction of sp³-hybridized carbons (Fsp3) is 0.700. The minimum absolute atomic E-state index is 0.0709. The molecule has 94 valence electrons. The molecule has 0 radical (unpaired) electrons. The SMILES string of the molecule is C=C(C)C(=O)OCCCCCCP(=O)(O)O. The summed E-state index contributed by atoms with van der Waals surface area (Å²) in [4.78, 5) is 28.1. The van der Waals surface area contributed by atoms with Gasteiger partial charge >= 0.3 is 13.6 Å². The van der Waals surface area contributed by atoms with Crippen molar-refractivity contribution in [1.29, 1.82) is 0 Å². The zero-order valence-corrected chi connectivity index (χ0v) is 10.4. The van der Waals surface area contributed by atoms with Gasteiger partial charge in [0.05, 0.1) is 6.61 Å². The molecule has 0 aromatic heterocycles. The highest BCUT2D eigenvalue weighted by molar-refractivity contribution is 7.51. The minimum Gasteiger partial charge on any atom is -0.462 e. The number of unbranched alkanes of at least 4 members (excludes halogenated alkanes) is 3. The summed E-state index contributed by atoms with van der Waals surface area (Å²) >= 11 is 0. The summed E-state index contributed by atoms with van der Waals surface area (Å²) < 4.78 is 15.4. The summed E-state index contributed by atoms with van der Waals surface area (Å²) in [6.45, 7) is 5.37. The summed E-state index contributed by atoms with van der Waals surface area (Å²) in [5.74, 6) is -0.393. The van der Waals surface area contributed by atoms with Gasteiger partial charge in [-0.15, -0.1) is 0 Å². The Labute approximate surface area is 95.7 Å². The molecule has 0 fully saturated rings. The monoisotopic (exact) mass is 250 g/mol. The lowest BCUT2D eigenvalue weighted by molar-refractivity contribution is -0.139. The molecule has 0 spiro atoms. The number of esters is 1. The second-order valence-corrected chi connectivity index (χ2v) is 5.50. The van der Waals surface area contributed by atoms with Crippen LogP contribution in [0, 0.1) is 0 Å². The lowest BCUT2D eigenvalue weighted by Crippen LogP contribution is -2.06. The Morgan fingerprint density at radius 1 is 1.25 bits per heavy atom. The third kappa shape index (κ3) is 9.90. The Kier molecular flexibility index (Phi) is 7.30. The summed E-state index contributed by atoms with van der Waals surface area (Å²) in [6.07, 6.45) is 2.66. The number of ether oxygens (including phenoxy) is 1. The number of carbonyl (C=O) groups excluding carboxylic acids is 1. The molecule has 0 aliphatic rings. The van der Waals surface area contributed by atoms with Crippen LogP contribution in [0.4, 0.5) is 0 Å². The van der Waals surface area contributed by atoms with Gasteiger partial charge in [0.1, 0.15) is 0 Å². The minimum atomic E-state index is -3.85. The van der Waals surface area contributed by atoms with Crippen molar-refractivity contribution >= 4 is 13.6 Å². The van der Waals surface area contributed by atoms with Gasteiger partial charge in [-0.25, -0.2) is 4.79 Å². The van der Waals surface area contributed by atoms with Crippen LogP contribution >= 0.6 is 7.60 Å². The van der Waals surface area contributed by atoms with Crippen LogP contribution < -0.4 is 0 Å². The Morgan fingerprint density at radius 3 is 2.31 bits per heavy atom. The molecule has 5 nitrogen and oxygen atoms in total. The van der Waals surface area contributed by atoms with Gasteiger partial charge in [0.2, 0.25) is 0 Å². The standard InChI is InChI=1S/C10H19O5P/c1-9(2)10(11)15-7-5-3-4-6-8-16(12,13)14/h1,3-8H2,2H3,(H2,12,13,14). The van der Waals surface area contributed by atoms with E-state index in [0.717, 1.165) is 12.8 Å². The quantitative estimate of drug-likeness (QED) is 0.297. The molecule has 0 unspecified atom stereocenters. The predicted octanol–water partition coefficient (Wildman–Crippen LogP) is 1.84. The molecule has 0 saturated carbocycles. The van der Waals surface area contributed by atoms with Crippen molar-refractivity contribution in [3.63, 3.8) is 0 Å². The average molecular weight is 250 g/mol. The Bertz CT molecular complexity index is 281. The molecular weight excluding hydrogens is 231 g/mol. The molecule has 2 N–H and O–H groups in total. The first-order valence-electron chi connectivity index (χ1n) is 5.20. The van der Waals surface area contributed by atoms with Crippen molar-refractivity contribution in [2.75, 3.05) is 12.8 Å². The summed E-state index contributed by atoms with van der Waals surface area (Å²) in [5.41, 5.74) is 0.376. The third-order valence-corrected chi connectivity index (χ3v) is 2.82. The average Bonchev–Trinajstić information content (AvgIpc) is 2.14. The van der Waals surface area contributed by atoms with Crippen molar-refractivity contribution in [2.24, 2.45) is 0 Å². The summed E-state index contributed by atoms with van der Waals surface area (Å²) in [6, 6.07) is 0. The molecule has 0 aliphatic heterocycles. The lowest BCUT2D eigenvalue weighted by Gasteiger charge is -2.05. The van der Waals surface area contributed by atoms with Gasteiger partial charge in [-0.3, -0.25) is 4.57 Å². The zero-order valence-electron chi connectivity index (χ0n) is 9.52. The van der Waals surface area contributed by atoms with Gasteiger partial charge in [-0.05, 0) is 19.8 Å². The molecule has 0 rings (SSSR count). The van der Waals surface area contributed by atoms with Crippen LogP contribution in [0.5, 0.6) is 0 Å². The van der Waals surface area contributed by atoms with E-state index < -0.39 is 13.6 Å². The molecular formula is C10H19O5P. The van der Waals surface area contributed by atoms with E-state index >= 15 is 0 Å². The van der Waals surface area contributed by atoms with Crippen LogP contribution in [0.2, 0.25) is 0 Å². The van der Waals surface area contributed by atoms with Gasteiger partial charge < -0.3 is 14.5 Å². The number of carbonyl (C=O) groups is 1. The first kappa shape index (κ1) is 15.4. The van der Waals surface area contributed by atoms with Gasteiger partial charge in [-0.2, -0.15) is 0 Å². The Morgan fingerprint density at radius 2 is 1.81 bits per heavy atom. The highest BCUT2D eigenvalue weighted by atomic mass is 31.2. The smallest absolute Gasteiger partial charge is 0.333 e. The topological polar surface area (TPSA) is 83.8 Å². The molecule has 6 heteroatoms. The molecule has 16 heavy (non-hydrogen) atoms. The van der Waals surface area contributed by atoms with E-state index in [2.05, 4.69) is 6.58 Å². The Hall–Kier alpha value is -0.640. The zero-order chi connectivity index (χ0) is 12.6. The van der Waals surface area contributed by atoms with Crippen LogP contribution in [0.25, 0.3) is 0 Å². The van der Waals surface area contributed by atoms with E-state index in [1.807, 2.05) is 0 Å². The molecule has 0 aromatic rings. The normalized spacial score (nSPS) is 11.2. The second-order valence-electron chi connectivity index (χ2n) is 3.72. The van der Waals surface area contributed by atoms with Crippen LogP contribution in [0.15, 0.2) is 12.2 Å². The first-order valence-corrected chi connectivity index (χ1v) is 7.00. The maximum atomic E-state index is 10.9. The molecule has 0 aromatic carbocycles. The van der Waals surface area contributed by atoms with E-state index in [9.17, 15) is 9.36 Å². The molecule has 0 saturated heterocycles. The maximum Gasteiger partial charge on any atom is 0.333 e.